The van der Waals surface area contributed by atoms with Crippen molar-refractivity contribution in [2.24, 2.45) is 5.73 Å². The third-order valence-electron chi connectivity index (χ3n) is 2.20. The van der Waals surface area contributed by atoms with E-state index in [0.717, 1.165) is 0 Å². The molecule has 0 aromatic heterocycles. The third kappa shape index (κ3) is 2.48. The van der Waals surface area contributed by atoms with Crippen LogP contribution in [0.15, 0.2) is 10.5 Å². The van der Waals surface area contributed by atoms with Crippen molar-refractivity contribution in [3.8, 4) is 11.5 Å². The summed E-state index contributed by atoms with van der Waals surface area (Å²) in [4.78, 5) is 10.1. The van der Waals surface area contributed by atoms with Crippen LogP contribution in [0.4, 0.5) is 5.69 Å². The van der Waals surface area contributed by atoms with Crippen molar-refractivity contribution in [3.63, 3.8) is 0 Å². The Bertz CT molecular complexity index is 452. The zero-order valence-electron chi connectivity index (χ0n) is 8.88. The number of rotatable bonds is 4. The number of hydrogen-bond acceptors (Lipinski definition) is 6. The number of halogens is 1. The quantitative estimate of drug-likeness (QED) is 0.565. The van der Waals surface area contributed by atoms with E-state index in [4.69, 9.17) is 15.6 Å². The lowest BCUT2D eigenvalue weighted by molar-refractivity contribution is -0.386. The molecule has 17 heavy (non-hydrogen) atoms. The zero-order valence-corrected chi connectivity index (χ0v) is 10.5. The fourth-order valence-electron chi connectivity index (χ4n) is 1.40. The Hall–Kier alpha value is -1.38. The van der Waals surface area contributed by atoms with Crippen LogP contribution in [0.25, 0.3) is 0 Å². The van der Waals surface area contributed by atoms with E-state index in [-0.39, 0.29) is 11.3 Å². The summed E-state index contributed by atoms with van der Waals surface area (Å²) < 4.78 is 5.09. The van der Waals surface area contributed by atoms with E-state index in [1.807, 2.05) is 0 Å². The van der Waals surface area contributed by atoms with Crippen LogP contribution in [-0.4, -0.2) is 28.9 Å². The lowest BCUT2D eigenvalue weighted by Gasteiger charge is -2.14. The molecule has 1 atom stereocenters. The number of aliphatic hydroxyl groups is 1. The summed E-state index contributed by atoms with van der Waals surface area (Å²) >= 11 is 3.10. The number of aromatic hydroxyl groups is 1. The molecule has 0 amide bonds. The molecular weight excluding hydrogens is 296 g/mol. The topological polar surface area (TPSA) is 119 Å². The van der Waals surface area contributed by atoms with Gasteiger partial charge in [-0.05, 0) is 6.07 Å². The largest absolute Gasteiger partial charge is 0.500 e. The second-order valence-corrected chi connectivity index (χ2v) is 4.07. The van der Waals surface area contributed by atoms with Gasteiger partial charge in [-0.15, -0.1) is 0 Å². The molecule has 1 aromatic carbocycles. The van der Waals surface area contributed by atoms with Crippen molar-refractivity contribution in [3.05, 3.63) is 26.2 Å². The van der Waals surface area contributed by atoms with Gasteiger partial charge >= 0.3 is 5.69 Å². The van der Waals surface area contributed by atoms with Crippen molar-refractivity contribution in [1.82, 2.24) is 0 Å². The van der Waals surface area contributed by atoms with Gasteiger partial charge in [-0.3, -0.25) is 10.1 Å². The lowest BCUT2D eigenvalue weighted by atomic mass is 10.0. The molecule has 0 saturated heterocycles. The van der Waals surface area contributed by atoms with Gasteiger partial charge in [-0.2, -0.15) is 0 Å². The minimum atomic E-state index is -0.971. The van der Waals surface area contributed by atoms with Gasteiger partial charge < -0.3 is 20.7 Å². The molecule has 0 aliphatic carbocycles. The van der Waals surface area contributed by atoms with Crippen molar-refractivity contribution in [2.45, 2.75) is 6.04 Å². The van der Waals surface area contributed by atoms with Crippen molar-refractivity contribution >= 4 is 21.6 Å². The summed E-state index contributed by atoms with van der Waals surface area (Å²) in [7, 11) is 1.27. The van der Waals surface area contributed by atoms with E-state index in [1.54, 1.807) is 0 Å². The Kier molecular flexibility index (Phi) is 4.27. The number of hydrogen-bond donors (Lipinski definition) is 3. The number of nitrogens with two attached hydrogens (primary N) is 1. The fraction of sp³-hybridized carbons (Fsp3) is 0.333. The normalized spacial score (nSPS) is 12.2. The van der Waals surface area contributed by atoms with Crippen LogP contribution >= 0.6 is 15.9 Å². The molecule has 0 aliphatic heterocycles. The molecule has 94 valence electrons. The van der Waals surface area contributed by atoms with Gasteiger partial charge in [-0.25, -0.2) is 0 Å². The minimum absolute atomic E-state index is 0.0239. The van der Waals surface area contributed by atoms with E-state index in [2.05, 4.69) is 15.9 Å². The standard InChI is InChI=1S/C9H11BrN2O5/c1-17-6-2-4(10)7(5(11)3-13)8(9(6)14)12(15)16/h2,5,13-14H,3,11H2,1H3/t5-/m0/s1. The van der Waals surface area contributed by atoms with E-state index in [1.165, 1.54) is 13.2 Å². The molecule has 1 rings (SSSR count). The molecule has 0 spiro atoms. The number of methoxy groups -OCH3 is 1. The highest BCUT2D eigenvalue weighted by molar-refractivity contribution is 9.10. The Labute approximate surface area is 105 Å². The average molecular weight is 307 g/mol. The van der Waals surface area contributed by atoms with Crippen molar-refractivity contribution < 1.29 is 19.9 Å². The monoisotopic (exact) mass is 306 g/mol. The number of nitro groups is 1. The van der Waals surface area contributed by atoms with Gasteiger partial charge in [0, 0.05) is 4.47 Å². The summed E-state index contributed by atoms with van der Waals surface area (Å²) in [5.41, 5.74) is 5.01. The number of nitrogens with zero attached hydrogens (tertiary/aromatic N) is 1. The molecule has 0 heterocycles. The molecule has 0 bridgehead atoms. The number of benzene rings is 1. The number of nitro benzene ring substituents is 1. The second-order valence-electron chi connectivity index (χ2n) is 3.22. The summed E-state index contributed by atoms with van der Waals surface area (Å²) in [6, 6.07) is 0.384. The highest BCUT2D eigenvalue weighted by Crippen LogP contribution is 2.44. The SMILES string of the molecule is COc1cc(Br)c([C@@H](N)CO)c([N+](=O)[O-])c1O. The van der Waals surface area contributed by atoms with Crippen LogP contribution in [0.2, 0.25) is 0 Å². The van der Waals surface area contributed by atoms with Crippen molar-refractivity contribution in [1.29, 1.82) is 0 Å². The molecule has 7 nitrogen and oxygen atoms in total. The molecule has 0 saturated carbocycles. The molecule has 0 radical (unpaired) electrons. The molecule has 0 fully saturated rings. The summed E-state index contributed by atoms with van der Waals surface area (Å²) in [5.74, 6) is -0.655. The average Bonchev–Trinajstić information content (AvgIpc) is 2.29. The van der Waals surface area contributed by atoms with E-state index in [0.29, 0.717) is 4.47 Å². The van der Waals surface area contributed by atoms with Crippen LogP contribution in [-0.2, 0) is 0 Å². The number of phenols is 1. The molecule has 0 aliphatic rings. The fourth-order valence-corrected chi connectivity index (χ4v) is 2.09. The van der Waals surface area contributed by atoms with Gasteiger partial charge in [0.15, 0.2) is 5.75 Å². The van der Waals surface area contributed by atoms with Gasteiger partial charge in [0.05, 0.1) is 30.2 Å². The third-order valence-corrected chi connectivity index (χ3v) is 2.85. The van der Waals surface area contributed by atoms with Crippen LogP contribution in [0.1, 0.15) is 11.6 Å². The lowest BCUT2D eigenvalue weighted by Crippen LogP contribution is -2.17. The van der Waals surface area contributed by atoms with Crippen LogP contribution < -0.4 is 10.5 Å². The Morgan fingerprint density at radius 3 is 2.71 bits per heavy atom. The molecule has 4 N–H and O–H groups in total. The van der Waals surface area contributed by atoms with Crippen LogP contribution in [0, 0.1) is 10.1 Å². The molecule has 1 aromatic rings. The summed E-state index contributed by atoms with van der Waals surface area (Å²) in [6.45, 7) is -0.481. The smallest absolute Gasteiger partial charge is 0.320 e. The maximum atomic E-state index is 10.9. The van der Waals surface area contributed by atoms with Crippen LogP contribution in [0.5, 0.6) is 11.5 Å². The second kappa shape index (κ2) is 5.30. The molecule has 0 unspecified atom stereocenters. The Balaban J connectivity index is 3.58. The first-order chi connectivity index (χ1) is 7.93. The van der Waals surface area contributed by atoms with E-state index in [9.17, 15) is 15.2 Å². The predicted octanol–water partition coefficient (Wildman–Crippen LogP) is 1.06. The Morgan fingerprint density at radius 1 is 1.71 bits per heavy atom. The Morgan fingerprint density at radius 2 is 2.29 bits per heavy atom. The summed E-state index contributed by atoms with van der Waals surface area (Å²) in [6.07, 6.45) is 0. The maximum absolute atomic E-state index is 10.9. The van der Waals surface area contributed by atoms with E-state index < -0.39 is 29.0 Å². The van der Waals surface area contributed by atoms with Gasteiger partial charge in [0.25, 0.3) is 0 Å². The van der Waals surface area contributed by atoms with Crippen LogP contribution in [0.3, 0.4) is 0 Å². The maximum Gasteiger partial charge on any atom is 0.320 e. The predicted molar refractivity (Wildman–Crippen MR) is 63.0 cm³/mol. The molecular formula is C9H11BrN2O5. The number of phenolic OH excluding ortho intramolecular Hbond substituents is 1. The number of ether oxygens (including phenoxy) is 1. The van der Waals surface area contributed by atoms with E-state index >= 15 is 0 Å². The minimum Gasteiger partial charge on any atom is -0.500 e. The molecule has 8 heteroatoms. The van der Waals surface area contributed by atoms with Gasteiger partial charge in [0.2, 0.25) is 5.75 Å². The van der Waals surface area contributed by atoms with Gasteiger partial charge in [-0.1, -0.05) is 15.9 Å². The summed E-state index contributed by atoms with van der Waals surface area (Å²) in [5, 5.41) is 29.6. The number of aliphatic hydroxyl groups excluding tert-OH is 1. The van der Waals surface area contributed by atoms with Gasteiger partial charge in [0.1, 0.15) is 0 Å². The highest BCUT2D eigenvalue weighted by atomic mass is 79.9. The first-order valence-electron chi connectivity index (χ1n) is 4.54. The first kappa shape index (κ1) is 13.7. The van der Waals surface area contributed by atoms with Crippen molar-refractivity contribution in [2.75, 3.05) is 13.7 Å². The highest BCUT2D eigenvalue weighted by Gasteiger charge is 2.29. The first-order valence-corrected chi connectivity index (χ1v) is 5.33. The zero-order chi connectivity index (χ0) is 13.2.